The summed E-state index contributed by atoms with van der Waals surface area (Å²) in [5.74, 6) is -2.90. The molecule has 37 heavy (non-hydrogen) atoms. The molecule has 0 aliphatic carbocycles. The Bertz CT molecular complexity index is 1140. The average molecular weight is 516 g/mol. The van der Waals surface area contributed by atoms with Crippen LogP contribution in [0.1, 0.15) is 44.0 Å². The summed E-state index contributed by atoms with van der Waals surface area (Å²) < 4.78 is 40.9. The number of anilines is 1. The number of carbonyl (C=O) groups is 1. The SMILES string of the molecule is C[C@@H]1CN(CC(=O)N2CC(C)(C)c3ncc(Cc4ccc(F)cc4)cc32)[C@@H](CN2CCC(F)(F)C2)CN1. The summed E-state index contributed by atoms with van der Waals surface area (Å²) in [6.45, 7) is 9.09. The number of carbonyl (C=O) groups excluding carboxylic acids is 1. The third kappa shape index (κ3) is 5.84. The molecule has 5 rings (SSSR count). The number of fused-ring (bicyclic) bond motifs is 1. The molecule has 2 aromatic rings. The van der Waals surface area contributed by atoms with E-state index in [9.17, 15) is 18.0 Å². The van der Waals surface area contributed by atoms with Gasteiger partial charge in [0.25, 0.3) is 5.92 Å². The van der Waals surface area contributed by atoms with Gasteiger partial charge in [-0.3, -0.25) is 19.6 Å². The van der Waals surface area contributed by atoms with Gasteiger partial charge < -0.3 is 10.2 Å². The Morgan fingerprint density at radius 2 is 1.92 bits per heavy atom. The molecule has 2 saturated heterocycles. The van der Waals surface area contributed by atoms with E-state index >= 15 is 0 Å². The Labute approximate surface area is 216 Å². The number of nitrogens with zero attached hydrogens (tertiary/aromatic N) is 4. The Hall–Kier alpha value is -2.49. The average Bonchev–Trinajstić information content (AvgIpc) is 3.32. The van der Waals surface area contributed by atoms with Crippen molar-refractivity contribution in [3.8, 4) is 0 Å². The largest absolute Gasteiger partial charge is 0.311 e. The maximum atomic E-state index is 13.8. The molecule has 0 saturated carbocycles. The van der Waals surface area contributed by atoms with E-state index < -0.39 is 5.92 Å². The van der Waals surface area contributed by atoms with Crippen molar-refractivity contribution >= 4 is 11.6 Å². The highest BCUT2D eigenvalue weighted by Crippen LogP contribution is 2.40. The highest BCUT2D eigenvalue weighted by Gasteiger charge is 2.42. The lowest BCUT2D eigenvalue weighted by Crippen LogP contribution is -2.60. The molecule has 1 amide bonds. The number of alkyl halides is 2. The second-order valence-corrected chi connectivity index (χ2v) is 11.6. The van der Waals surface area contributed by atoms with Crippen LogP contribution in [0.15, 0.2) is 36.5 Å². The highest BCUT2D eigenvalue weighted by molar-refractivity contribution is 5.97. The zero-order valence-corrected chi connectivity index (χ0v) is 21.8. The van der Waals surface area contributed by atoms with Crippen LogP contribution >= 0.6 is 0 Å². The van der Waals surface area contributed by atoms with Crippen molar-refractivity contribution < 1.29 is 18.0 Å². The molecule has 3 aliphatic rings. The van der Waals surface area contributed by atoms with E-state index in [-0.39, 0.29) is 48.7 Å². The third-order valence-corrected chi connectivity index (χ3v) is 7.81. The summed E-state index contributed by atoms with van der Waals surface area (Å²) in [6, 6.07) is 8.66. The molecule has 9 heteroatoms. The van der Waals surface area contributed by atoms with Gasteiger partial charge in [0.1, 0.15) is 5.82 Å². The van der Waals surface area contributed by atoms with Crippen molar-refractivity contribution in [3.05, 3.63) is 59.2 Å². The van der Waals surface area contributed by atoms with Gasteiger partial charge in [-0.2, -0.15) is 0 Å². The van der Waals surface area contributed by atoms with Gasteiger partial charge in [-0.05, 0) is 42.7 Å². The summed E-state index contributed by atoms with van der Waals surface area (Å²) in [4.78, 5) is 24.3. The van der Waals surface area contributed by atoms with E-state index in [0.717, 1.165) is 22.5 Å². The second-order valence-electron chi connectivity index (χ2n) is 11.6. The summed E-state index contributed by atoms with van der Waals surface area (Å²) in [5, 5.41) is 3.45. The van der Waals surface area contributed by atoms with Crippen LogP contribution in [0.3, 0.4) is 0 Å². The van der Waals surface area contributed by atoms with E-state index in [2.05, 4.69) is 31.0 Å². The third-order valence-electron chi connectivity index (χ3n) is 7.81. The molecule has 2 atom stereocenters. The number of piperazine rings is 1. The highest BCUT2D eigenvalue weighted by atomic mass is 19.3. The maximum Gasteiger partial charge on any atom is 0.261 e. The minimum Gasteiger partial charge on any atom is -0.311 e. The Kier molecular flexibility index (Phi) is 7.06. The number of hydrogen-bond donors (Lipinski definition) is 1. The van der Waals surface area contributed by atoms with E-state index in [4.69, 9.17) is 4.98 Å². The van der Waals surface area contributed by atoms with Crippen LogP contribution in [0, 0.1) is 5.82 Å². The van der Waals surface area contributed by atoms with Crippen molar-refractivity contribution in [1.82, 2.24) is 20.1 Å². The monoisotopic (exact) mass is 515 g/mol. The predicted octanol–water partition coefficient (Wildman–Crippen LogP) is 3.44. The standard InChI is InChI=1S/C28H36F3N5O/c1-19-14-35(23(13-32-19)15-34-9-8-28(30,31)18-34)16-25(37)36-17-27(2,3)26-24(36)11-21(12-33-26)10-20-4-6-22(29)7-5-20/h4-7,11-12,19,23,32H,8-10,13-18H2,1-3H3/t19-,23-/m1/s1. The van der Waals surface area contributed by atoms with Crippen LogP contribution < -0.4 is 10.2 Å². The van der Waals surface area contributed by atoms with Crippen molar-refractivity contribution in [2.45, 2.75) is 57.0 Å². The zero-order chi connectivity index (χ0) is 26.4. The molecule has 1 aromatic heterocycles. The topological polar surface area (TPSA) is 51.7 Å². The summed E-state index contributed by atoms with van der Waals surface area (Å²) in [6.07, 6.45) is 2.34. The van der Waals surface area contributed by atoms with E-state index in [1.165, 1.54) is 12.1 Å². The minimum atomic E-state index is -2.63. The lowest BCUT2D eigenvalue weighted by molar-refractivity contribution is -0.120. The molecule has 2 fully saturated rings. The number of amides is 1. The number of aromatic nitrogens is 1. The van der Waals surface area contributed by atoms with Crippen LogP contribution in [0.5, 0.6) is 0 Å². The number of likely N-dealkylation sites (tertiary alicyclic amines) is 1. The maximum absolute atomic E-state index is 13.8. The van der Waals surface area contributed by atoms with Gasteiger partial charge >= 0.3 is 0 Å². The fraction of sp³-hybridized carbons (Fsp3) is 0.571. The first-order valence-corrected chi connectivity index (χ1v) is 13.1. The number of rotatable bonds is 6. The molecule has 0 bridgehead atoms. The summed E-state index contributed by atoms with van der Waals surface area (Å²) in [5.41, 5.74) is 3.38. The molecular formula is C28H36F3N5O. The number of halogens is 3. The lowest BCUT2D eigenvalue weighted by Gasteiger charge is -2.41. The normalized spacial score (nSPS) is 25.4. The van der Waals surface area contributed by atoms with Gasteiger partial charge in [0.2, 0.25) is 5.91 Å². The first-order chi connectivity index (χ1) is 17.5. The van der Waals surface area contributed by atoms with E-state index in [1.54, 1.807) is 12.1 Å². The fourth-order valence-corrected chi connectivity index (χ4v) is 5.86. The van der Waals surface area contributed by atoms with Crippen LogP contribution in [0.2, 0.25) is 0 Å². The number of benzene rings is 1. The number of hydrogen-bond acceptors (Lipinski definition) is 5. The second kappa shape index (κ2) is 10.0. The van der Waals surface area contributed by atoms with E-state index in [1.807, 2.05) is 22.1 Å². The number of pyridine rings is 1. The van der Waals surface area contributed by atoms with Crippen molar-refractivity contribution in [1.29, 1.82) is 0 Å². The molecule has 1 N–H and O–H groups in total. The predicted molar refractivity (Wildman–Crippen MR) is 138 cm³/mol. The summed E-state index contributed by atoms with van der Waals surface area (Å²) in [7, 11) is 0. The molecule has 0 radical (unpaired) electrons. The smallest absolute Gasteiger partial charge is 0.261 e. The fourth-order valence-electron chi connectivity index (χ4n) is 5.86. The molecule has 6 nitrogen and oxygen atoms in total. The Morgan fingerprint density at radius 3 is 2.62 bits per heavy atom. The van der Waals surface area contributed by atoms with Crippen molar-refractivity contribution in [2.75, 3.05) is 50.7 Å². The van der Waals surface area contributed by atoms with Crippen molar-refractivity contribution in [3.63, 3.8) is 0 Å². The molecule has 4 heterocycles. The molecular weight excluding hydrogens is 479 g/mol. The van der Waals surface area contributed by atoms with E-state index in [0.29, 0.717) is 39.1 Å². The van der Waals surface area contributed by atoms with Gasteiger partial charge in [0.05, 0.1) is 24.5 Å². The number of nitrogens with one attached hydrogen (secondary N) is 1. The Balaban J connectivity index is 1.32. The minimum absolute atomic E-state index is 0.00147. The van der Waals surface area contributed by atoms with Gasteiger partial charge in [-0.25, -0.2) is 13.2 Å². The van der Waals surface area contributed by atoms with Gasteiger partial charge in [0.15, 0.2) is 0 Å². The Morgan fingerprint density at radius 1 is 1.16 bits per heavy atom. The van der Waals surface area contributed by atoms with Gasteiger partial charge in [0, 0.05) is 62.8 Å². The van der Waals surface area contributed by atoms with Crippen LogP contribution in [-0.2, 0) is 16.6 Å². The van der Waals surface area contributed by atoms with Crippen LogP contribution in [-0.4, -0.2) is 84.5 Å². The first kappa shape index (κ1) is 26.1. The van der Waals surface area contributed by atoms with Gasteiger partial charge in [-0.15, -0.1) is 0 Å². The zero-order valence-electron chi connectivity index (χ0n) is 21.8. The summed E-state index contributed by atoms with van der Waals surface area (Å²) >= 11 is 0. The molecule has 1 aromatic carbocycles. The quantitative estimate of drug-likeness (QED) is 0.639. The van der Waals surface area contributed by atoms with Crippen molar-refractivity contribution in [2.24, 2.45) is 0 Å². The molecule has 0 spiro atoms. The van der Waals surface area contributed by atoms with Crippen LogP contribution in [0.25, 0.3) is 0 Å². The van der Waals surface area contributed by atoms with Gasteiger partial charge in [-0.1, -0.05) is 26.0 Å². The molecule has 0 unspecified atom stereocenters. The van der Waals surface area contributed by atoms with Crippen LogP contribution in [0.4, 0.5) is 18.9 Å². The molecule has 3 aliphatic heterocycles. The molecule has 200 valence electrons. The first-order valence-electron chi connectivity index (χ1n) is 13.1. The lowest BCUT2D eigenvalue weighted by atomic mass is 9.91.